The standard InChI is InChI=1S/C33H57N2.ClH/c1-3-5-7-9-11-13-15-17-19-24-28-34-30-31-35(33(34)32-26-22-21-23-27-32)29-25-20-18-16-14-12-10-8-6-4-2;/h21-23,26-27,30-31H,3-20,24-25,28-29H2,1-2H3;1H/q+1;/p-1. The molecule has 0 radical (unpaired) electrons. The van der Waals surface area contributed by atoms with Crippen molar-refractivity contribution < 1.29 is 17.0 Å². The van der Waals surface area contributed by atoms with E-state index >= 15 is 0 Å². The highest BCUT2D eigenvalue weighted by Gasteiger charge is 2.18. The van der Waals surface area contributed by atoms with Gasteiger partial charge < -0.3 is 12.4 Å². The molecule has 0 amide bonds. The molecule has 1 aromatic carbocycles. The second kappa shape index (κ2) is 22.9. The molecule has 1 heterocycles. The van der Waals surface area contributed by atoms with E-state index in [4.69, 9.17) is 0 Å². The molecule has 36 heavy (non-hydrogen) atoms. The molecule has 0 aliphatic carbocycles. The third-order valence-electron chi connectivity index (χ3n) is 7.51. The van der Waals surface area contributed by atoms with Gasteiger partial charge in [-0.1, -0.05) is 135 Å². The number of nitrogens with zero attached hydrogens (tertiary/aromatic N) is 2. The van der Waals surface area contributed by atoms with Crippen LogP contribution in [0.15, 0.2) is 42.7 Å². The van der Waals surface area contributed by atoms with E-state index in [1.54, 1.807) is 0 Å². The van der Waals surface area contributed by atoms with Gasteiger partial charge in [0.1, 0.15) is 12.4 Å². The molecular weight excluding hydrogens is 460 g/mol. The molecule has 0 saturated carbocycles. The van der Waals surface area contributed by atoms with E-state index in [1.165, 1.54) is 140 Å². The Bertz CT molecular complexity index is 683. The quantitative estimate of drug-likeness (QED) is 0.108. The zero-order valence-corrected chi connectivity index (χ0v) is 24.6. The lowest BCUT2D eigenvalue weighted by atomic mass is 10.1. The van der Waals surface area contributed by atoms with Crippen LogP contribution in [0, 0.1) is 0 Å². The van der Waals surface area contributed by atoms with E-state index < -0.39 is 0 Å². The highest BCUT2D eigenvalue weighted by molar-refractivity contribution is 5.52. The number of imidazole rings is 1. The molecule has 3 heteroatoms. The summed E-state index contributed by atoms with van der Waals surface area (Å²) in [6, 6.07) is 11.0. The summed E-state index contributed by atoms with van der Waals surface area (Å²) in [5, 5.41) is 0. The minimum Gasteiger partial charge on any atom is -1.00 e. The van der Waals surface area contributed by atoms with Gasteiger partial charge >= 0.3 is 0 Å². The summed E-state index contributed by atoms with van der Waals surface area (Å²) in [5.41, 5.74) is 1.36. The van der Waals surface area contributed by atoms with Gasteiger partial charge in [-0.3, -0.25) is 0 Å². The number of unbranched alkanes of at least 4 members (excludes halogenated alkanes) is 18. The third kappa shape index (κ3) is 14.5. The minimum atomic E-state index is 0. The Balaban J connectivity index is 0.00000648. The van der Waals surface area contributed by atoms with Crippen LogP contribution in [0.3, 0.4) is 0 Å². The van der Waals surface area contributed by atoms with Crippen LogP contribution < -0.4 is 17.0 Å². The van der Waals surface area contributed by atoms with Crippen molar-refractivity contribution in [2.75, 3.05) is 0 Å². The van der Waals surface area contributed by atoms with Crippen molar-refractivity contribution in [3.63, 3.8) is 0 Å². The molecular formula is C33H57ClN2. The van der Waals surface area contributed by atoms with E-state index in [0.29, 0.717) is 0 Å². The van der Waals surface area contributed by atoms with Gasteiger partial charge in [0.25, 0.3) is 5.82 Å². The largest absolute Gasteiger partial charge is 1.00 e. The second-order valence-electron chi connectivity index (χ2n) is 10.7. The third-order valence-corrected chi connectivity index (χ3v) is 7.51. The van der Waals surface area contributed by atoms with Crippen LogP contribution in [-0.4, -0.2) is 4.57 Å². The lowest BCUT2D eigenvalue weighted by Gasteiger charge is -2.07. The van der Waals surface area contributed by atoms with Crippen molar-refractivity contribution in [1.82, 2.24) is 4.57 Å². The maximum Gasteiger partial charge on any atom is 0.288 e. The number of hydrogen-bond donors (Lipinski definition) is 0. The molecule has 1 aromatic heterocycles. The van der Waals surface area contributed by atoms with E-state index in [2.05, 4.69) is 65.7 Å². The van der Waals surface area contributed by atoms with Gasteiger partial charge in [0.15, 0.2) is 0 Å². The average molecular weight is 517 g/mol. The van der Waals surface area contributed by atoms with Crippen molar-refractivity contribution in [1.29, 1.82) is 0 Å². The summed E-state index contributed by atoms with van der Waals surface area (Å²) < 4.78 is 5.02. The van der Waals surface area contributed by atoms with Gasteiger partial charge in [-0.15, -0.1) is 0 Å². The number of rotatable bonds is 23. The Morgan fingerprint density at radius 3 is 1.50 bits per heavy atom. The molecule has 2 rings (SSSR count). The Labute approximate surface area is 230 Å². The molecule has 0 fully saturated rings. The van der Waals surface area contributed by atoms with Gasteiger partial charge in [0.2, 0.25) is 0 Å². The van der Waals surface area contributed by atoms with Crippen molar-refractivity contribution in [2.45, 2.75) is 155 Å². The fourth-order valence-electron chi connectivity index (χ4n) is 5.29. The van der Waals surface area contributed by atoms with Crippen molar-refractivity contribution in [3.8, 4) is 11.4 Å². The SMILES string of the molecule is CCCCCCCCCCCCn1cc[n+](CCCCCCCCCCCC)c1-c1ccccc1.[Cl-]. The zero-order chi connectivity index (χ0) is 24.8. The molecule has 0 aliphatic heterocycles. The molecule has 0 aliphatic rings. The van der Waals surface area contributed by atoms with Crippen LogP contribution in [0.2, 0.25) is 0 Å². The van der Waals surface area contributed by atoms with Crippen LogP contribution >= 0.6 is 0 Å². The average Bonchev–Trinajstić information content (AvgIpc) is 3.29. The van der Waals surface area contributed by atoms with Crippen LogP contribution in [-0.2, 0) is 13.1 Å². The number of benzene rings is 1. The predicted molar refractivity (Wildman–Crippen MR) is 154 cm³/mol. The van der Waals surface area contributed by atoms with Gasteiger partial charge in [0, 0.05) is 0 Å². The zero-order valence-electron chi connectivity index (χ0n) is 23.9. The first-order valence-electron chi connectivity index (χ1n) is 15.5. The minimum absolute atomic E-state index is 0. The number of hydrogen-bond acceptors (Lipinski definition) is 0. The monoisotopic (exact) mass is 516 g/mol. The van der Waals surface area contributed by atoms with Gasteiger partial charge in [0.05, 0.1) is 18.7 Å². The molecule has 0 spiro atoms. The Morgan fingerprint density at radius 1 is 0.556 bits per heavy atom. The fraction of sp³-hybridized carbons (Fsp3) is 0.727. The van der Waals surface area contributed by atoms with E-state index in [-0.39, 0.29) is 12.4 Å². The Morgan fingerprint density at radius 2 is 1.00 bits per heavy atom. The second-order valence-corrected chi connectivity index (χ2v) is 10.7. The molecule has 2 aromatic rings. The van der Waals surface area contributed by atoms with Gasteiger partial charge in [-0.2, -0.15) is 0 Å². The van der Waals surface area contributed by atoms with Crippen molar-refractivity contribution in [3.05, 3.63) is 42.7 Å². The first kappa shape index (κ1) is 32.7. The highest BCUT2D eigenvalue weighted by Crippen LogP contribution is 2.18. The number of aromatic nitrogens is 2. The Kier molecular flexibility index (Phi) is 20.8. The fourth-order valence-corrected chi connectivity index (χ4v) is 5.29. The maximum absolute atomic E-state index is 2.51. The summed E-state index contributed by atoms with van der Waals surface area (Å²) in [7, 11) is 0. The van der Waals surface area contributed by atoms with Gasteiger partial charge in [-0.25, -0.2) is 9.13 Å². The summed E-state index contributed by atoms with van der Waals surface area (Å²) in [5.74, 6) is 1.40. The molecule has 0 saturated heterocycles. The van der Waals surface area contributed by atoms with Crippen molar-refractivity contribution in [2.24, 2.45) is 0 Å². The van der Waals surface area contributed by atoms with Crippen LogP contribution in [0.25, 0.3) is 11.4 Å². The first-order valence-corrected chi connectivity index (χ1v) is 15.5. The topological polar surface area (TPSA) is 8.81 Å². The summed E-state index contributed by atoms with van der Waals surface area (Å²) in [6.45, 7) is 6.89. The predicted octanol–water partition coefficient (Wildman–Crippen LogP) is 7.29. The van der Waals surface area contributed by atoms with E-state index in [9.17, 15) is 0 Å². The molecule has 0 bridgehead atoms. The number of halogens is 1. The smallest absolute Gasteiger partial charge is 0.288 e. The molecule has 0 unspecified atom stereocenters. The molecule has 2 nitrogen and oxygen atoms in total. The molecule has 206 valence electrons. The van der Waals surface area contributed by atoms with E-state index in [1.807, 2.05) is 0 Å². The summed E-state index contributed by atoms with van der Waals surface area (Å²) >= 11 is 0. The van der Waals surface area contributed by atoms with Crippen LogP contribution in [0.1, 0.15) is 142 Å². The lowest BCUT2D eigenvalue weighted by molar-refractivity contribution is -0.686. The van der Waals surface area contributed by atoms with E-state index in [0.717, 1.165) is 13.1 Å². The lowest BCUT2D eigenvalue weighted by Crippen LogP contribution is -3.00. The highest BCUT2D eigenvalue weighted by atomic mass is 35.5. The first-order chi connectivity index (χ1) is 17.4. The van der Waals surface area contributed by atoms with Crippen molar-refractivity contribution >= 4 is 0 Å². The Hall–Kier alpha value is -1.28. The normalized spacial score (nSPS) is 11.1. The van der Waals surface area contributed by atoms with Crippen LogP contribution in [0.4, 0.5) is 0 Å². The summed E-state index contributed by atoms with van der Waals surface area (Å²) in [4.78, 5) is 0. The summed E-state index contributed by atoms with van der Waals surface area (Å²) in [6.07, 6.45) is 32.6. The van der Waals surface area contributed by atoms with Gasteiger partial charge in [-0.05, 0) is 37.8 Å². The molecule has 0 N–H and O–H groups in total. The molecule has 0 atom stereocenters. The maximum atomic E-state index is 2.51. The number of aryl methyl sites for hydroxylation is 2. The van der Waals surface area contributed by atoms with Crippen LogP contribution in [0.5, 0.6) is 0 Å².